The molecule has 0 saturated carbocycles. The van der Waals surface area contributed by atoms with E-state index >= 15 is 0 Å². The van der Waals surface area contributed by atoms with Crippen LogP contribution in [0.1, 0.15) is 11.7 Å². The van der Waals surface area contributed by atoms with Crippen molar-refractivity contribution in [2.75, 3.05) is 32.9 Å². The minimum atomic E-state index is -0.659. The molecule has 5 nitrogen and oxygen atoms in total. The Morgan fingerprint density at radius 2 is 1.83 bits per heavy atom. The van der Waals surface area contributed by atoms with Crippen molar-refractivity contribution >= 4 is 0 Å². The summed E-state index contributed by atoms with van der Waals surface area (Å²) in [4.78, 5) is 1.85. The van der Waals surface area contributed by atoms with E-state index in [9.17, 15) is 5.11 Å². The molecule has 0 saturated heterocycles. The standard InChI is InChI=1S/C13H19NO4/c15-7-5-14(6-8-16)11-9-18-12-4-2-1-3-10(12)13(11)17/h1-4,11,13,15-17H,5-9H2. The first-order valence-corrected chi connectivity index (χ1v) is 6.13. The van der Waals surface area contributed by atoms with E-state index in [4.69, 9.17) is 14.9 Å². The Hall–Kier alpha value is -1.14. The summed E-state index contributed by atoms with van der Waals surface area (Å²) in [6.45, 7) is 1.16. The second-order valence-electron chi connectivity index (χ2n) is 4.34. The van der Waals surface area contributed by atoms with Crippen molar-refractivity contribution in [3.63, 3.8) is 0 Å². The van der Waals surface area contributed by atoms with Crippen LogP contribution >= 0.6 is 0 Å². The Labute approximate surface area is 106 Å². The smallest absolute Gasteiger partial charge is 0.125 e. The van der Waals surface area contributed by atoms with Crippen molar-refractivity contribution in [3.05, 3.63) is 29.8 Å². The lowest BCUT2D eigenvalue weighted by Gasteiger charge is -2.37. The molecule has 18 heavy (non-hydrogen) atoms. The maximum Gasteiger partial charge on any atom is 0.125 e. The van der Waals surface area contributed by atoms with Gasteiger partial charge in [0.05, 0.1) is 19.3 Å². The summed E-state index contributed by atoms with van der Waals surface area (Å²) in [6.07, 6.45) is -0.659. The molecule has 2 unspecified atom stereocenters. The van der Waals surface area contributed by atoms with Crippen molar-refractivity contribution in [1.29, 1.82) is 0 Å². The zero-order valence-electron chi connectivity index (χ0n) is 10.2. The fourth-order valence-corrected chi connectivity index (χ4v) is 2.34. The molecular weight excluding hydrogens is 234 g/mol. The number of benzene rings is 1. The highest BCUT2D eigenvalue weighted by atomic mass is 16.5. The number of rotatable bonds is 5. The SMILES string of the molecule is OCCN(CCO)C1COc2ccccc2C1O. The molecule has 0 aliphatic carbocycles. The van der Waals surface area contributed by atoms with Crippen molar-refractivity contribution < 1.29 is 20.1 Å². The summed E-state index contributed by atoms with van der Waals surface area (Å²) in [7, 11) is 0. The van der Waals surface area contributed by atoms with Gasteiger partial charge in [-0.2, -0.15) is 0 Å². The molecule has 0 fully saturated rings. The van der Waals surface area contributed by atoms with Gasteiger partial charge in [-0.05, 0) is 6.07 Å². The number of fused-ring (bicyclic) bond motifs is 1. The first-order valence-electron chi connectivity index (χ1n) is 6.13. The predicted octanol–water partition coefficient (Wildman–Crippen LogP) is -0.232. The van der Waals surface area contributed by atoms with Gasteiger partial charge in [0.15, 0.2) is 0 Å². The Balaban J connectivity index is 2.16. The molecule has 1 aliphatic heterocycles. The van der Waals surface area contributed by atoms with Crippen LogP contribution in [-0.2, 0) is 0 Å². The molecule has 1 aliphatic rings. The van der Waals surface area contributed by atoms with Crippen LogP contribution in [-0.4, -0.2) is 59.2 Å². The van der Waals surface area contributed by atoms with Crippen molar-refractivity contribution in [2.45, 2.75) is 12.1 Å². The molecule has 0 bridgehead atoms. The second kappa shape index (κ2) is 6.15. The fraction of sp³-hybridized carbons (Fsp3) is 0.538. The van der Waals surface area contributed by atoms with Gasteiger partial charge in [-0.1, -0.05) is 18.2 Å². The fourth-order valence-electron chi connectivity index (χ4n) is 2.34. The first-order chi connectivity index (χ1) is 8.77. The Morgan fingerprint density at radius 1 is 1.17 bits per heavy atom. The lowest BCUT2D eigenvalue weighted by molar-refractivity contribution is -0.00862. The molecule has 5 heteroatoms. The molecule has 0 amide bonds. The van der Waals surface area contributed by atoms with Crippen LogP contribution in [0.4, 0.5) is 0 Å². The quantitative estimate of drug-likeness (QED) is 0.676. The molecule has 1 aromatic carbocycles. The van der Waals surface area contributed by atoms with Gasteiger partial charge in [0.1, 0.15) is 18.5 Å². The highest BCUT2D eigenvalue weighted by Gasteiger charge is 2.33. The number of aliphatic hydroxyl groups is 3. The molecule has 2 atom stereocenters. The van der Waals surface area contributed by atoms with E-state index < -0.39 is 6.10 Å². The van der Waals surface area contributed by atoms with E-state index in [1.165, 1.54) is 0 Å². The zero-order chi connectivity index (χ0) is 13.0. The lowest BCUT2D eigenvalue weighted by Crippen LogP contribution is -2.48. The third kappa shape index (κ3) is 2.64. The van der Waals surface area contributed by atoms with Gasteiger partial charge in [-0.15, -0.1) is 0 Å². The van der Waals surface area contributed by atoms with Crippen molar-refractivity contribution in [3.8, 4) is 5.75 Å². The Kier molecular flexibility index (Phi) is 4.54. The predicted molar refractivity (Wildman–Crippen MR) is 66.4 cm³/mol. The Morgan fingerprint density at radius 3 is 2.50 bits per heavy atom. The summed E-state index contributed by atoms with van der Waals surface area (Å²) >= 11 is 0. The van der Waals surface area contributed by atoms with Gasteiger partial charge in [0.2, 0.25) is 0 Å². The van der Waals surface area contributed by atoms with Crippen LogP contribution in [0, 0.1) is 0 Å². The molecule has 2 rings (SSSR count). The maximum absolute atomic E-state index is 10.4. The average Bonchev–Trinajstić information content (AvgIpc) is 2.39. The van der Waals surface area contributed by atoms with Gasteiger partial charge in [-0.3, -0.25) is 4.90 Å². The molecule has 0 aromatic heterocycles. The number of nitrogens with zero attached hydrogens (tertiary/aromatic N) is 1. The number of para-hydroxylation sites is 1. The zero-order valence-corrected chi connectivity index (χ0v) is 10.2. The Bertz CT molecular complexity index is 379. The first kappa shape index (κ1) is 13.3. The van der Waals surface area contributed by atoms with Crippen LogP contribution in [0.5, 0.6) is 5.75 Å². The monoisotopic (exact) mass is 253 g/mol. The summed E-state index contributed by atoms with van der Waals surface area (Å²) in [5.41, 5.74) is 0.759. The molecule has 1 aromatic rings. The van der Waals surface area contributed by atoms with Gasteiger partial charge in [-0.25, -0.2) is 0 Å². The molecular formula is C13H19NO4. The average molecular weight is 253 g/mol. The van der Waals surface area contributed by atoms with E-state index in [0.29, 0.717) is 25.4 Å². The van der Waals surface area contributed by atoms with E-state index in [0.717, 1.165) is 5.56 Å². The number of hydrogen-bond donors (Lipinski definition) is 3. The third-order valence-electron chi connectivity index (χ3n) is 3.26. The van der Waals surface area contributed by atoms with Crippen LogP contribution in [0.15, 0.2) is 24.3 Å². The summed E-state index contributed by atoms with van der Waals surface area (Å²) in [5, 5.41) is 28.4. The van der Waals surface area contributed by atoms with Crippen LogP contribution in [0.25, 0.3) is 0 Å². The van der Waals surface area contributed by atoms with Crippen molar-refractivity contribution in [1.82, 2.24) is 4.90 Å². The van der Waals surface area contributed by atoms with Crippen LogP contribution in [0.2, 0.25) is 0 Å². The largest absolute Gasteiger partial charge is 0.491 e. The van der Waals surface area contributed by atoms with Gasteiger partial charge in [0, 0.05) is 18.7 Å². The van der Waals surface area contributed by atoms with E-state index in [2.05, 4.69) is 0 Å². The van der Waals surface area contributed by atoms with Gasteiger partial charge < -0.3 is 20.1 Å². The minimum absolute atomic E-state index is 0.00906. The van der Waals surface area contributed by atoms with Gasteiger partial charge in [0.25, 0.3) is 0 Å². The summed E-state index contributed by atoms with van der Waals surface area (Å²) < 4.78 is 5.62. The second-order valence-corrected chi connectivity index (χ2v) is 4.34. The molecule has 3 N–H and O–H groups in total. The molecule has 0 spiro atoms. The van der Waals surface area contributed by atoms with E-state index in [-0.39, 0.29) is 19.3 Å². The lowest BCUT2D eigenvalue weighted by atomic mass is 9.98. The van der Waals surface area contributed by atoms with Gasteiger partial charge >= 0.3 is 0 Å². The molecule has 100 valence electrons. The summed E-state index contributed by atoms with van der Waals surface area (Å²) in [5.74, 6) is 0.703. The highest BCUT2D eigenvalue weighted by molar-refractivity contribution is 5.37. The number of aliphatic hydroxyl groups excluding tert-OH is 3. The van der Waals surface area contributed by atoms with Crippen LogP contribution < -0.4 is 4.74 Å². The van der Waals surface area contributed by atoms with E-state index in [1.807, 2.05) is 29.2 Å². The molecule has 1 heterocycles. The van der Waals surface area contributed by atoms with Crippen LogP contribution in [0.3, 0.4) is 0 Å². The topological polar surface area (TPSA) is 73.2 Å². The number of ether oxygens (including phenoxy) is 1. The number of hydrogen-bond acceptors (Lipinski definition) is 5. The van der Waals surface area contributed by atoms with E-state index in [1.54, 1.807) is 0 Å². The normalized spacial score (nSPS) is 22.7. The minimum Gasteiger partial charge on any atom is -0.491 e. The third-order valence-corrected chi connectivity index (χ3v) is 3.26. The highest BCUT2D eigenvalue weighted by Crippen LogP contribution is 2.33. The van der Waals surface area contributed by atoms with Crippen molar-refractivity contribution in [2.24, 2.45) is 0 Å². The summed E-state index contributed by atoms with van der Waals surface area (Å²) in [6, 6.07) is 7.15. The molecule has 0 radical (unpaired) electrons. The maximum atomic E-state index is 10.4.